The maximum absolute atomic E-state index is 13.1. The Morgan fingerprint density at radius 2 is 1.97 bits per heavy atom. The minimum atomic E-state index is -0.132. The van der Waals surface area contributed by atoms with E-state index in [-0.39, 0.29) is 30.7 Å². The van der Waals surface area contributed by atoms with Gasteiger partial charge in [-0.1, -0.05) is 29.8 Å². The molecule has 0 radical (unpaired) electrons. The zero-order chi connectivity index (χ0) is 21.6. The van der Waals surface area contributed by atoms with Crippen LogP contribution < -0.4 is 5.32 Å². The lowest BCUT2D eigenvalue weighted by atomic mass is 9.93. The molecule has 0 saturated carbocycles. The van der Waals surface area contributed by atoms with Crippen LogP contribution in [0.3, 0.4) is 0 Å². The number of nitrogens with one attached hydrogen (secondary N) is 1. The lowest BCUT2D eigenvalue weighted by Crippen LogP contribution is -2.40. The number of amides is 2. The van der Waals surface area contributed by atoms with E-state index in [1.165, 1.54) is 10.4 Å². The molecule has 0 aliphatic carbocycles. The number of hydrogen-bond donors (Lipinski definition) is 1. The Morgan fingerprint density at radius 3 is 2.74 bits per heavy atom. The summed E-state index contributed by atoms with van der Waals surface area (Å²) in [6, 6.07) is 15.4. The molecular weight excluding hydrogens is 430 g/mol. The van der Waals surface area contributed by atoms with E-state index in [0.29, 0.717) is 24.5 Å². The third kappa shape index (κ3) is 5.32. The number of nitrogens with zero attached hydrogens (tertiary/aromatic N) is 2. The first-order valence-corrected chi connectivity index (χ1v) is 11.7. The summed E-state index contributed by atoms with van der Waals surface area (Å²) < 4.78 is 0. The molecular formula is C24H24ClN3O2S. The van der Waals surface area contributed by atoms with Crippen molar-refractivity contribution in [2.45, 2.75) is 31.7 Å². The Labute approximate surface area is 191 Å². The highest BCUT2D eigenvalue weighted by atomic mass is 35.5. The van der Waals surface area contributed by atoms with Crippen LogP contribution in [0.4, 0.5) is 0 Å². The van der Waals surface area contributed by atoms with Crippen LogP contribution in [-0.2, 0) is 22.4 Å². The van der Waals surface area contributed by atoms with Crippen molar-refractivity contribution in [3.05, 3.63) is 86.8 Å². The van der Waals surface area contributed by atoms with Crippen molar-refractivity contribution in [3.8, 4) is 0 Å². The molecule has 4 rings (SSSR count). The number of hydrogen-bond acceptors (Lipinski definition) is 4. The third-order valence-electron chi connectivity index (χ3n) is 5.47. The second-order valence-corrected chi connectivity index (χ2v) is 8.95. The number of carbonyl (C=O) groups excluding carboxylic acids is 2. The zero-order valence-electron chi connectivity index (χ0n) is 17.1. The molecule has 0 spiro atoms. The first-order valence-electron chi connectivity index (χ1n) is 10.4. The molecule has 0 saturated heterocycles. The fourth-order valence-electron chi connectivity index (χ4n) is 3.92. The van der Waals surface area contributed by atoms with Gasteiger partial charge in [-0.3, -0.25) is 14.6 Å². The normalized spacial score (nSPS) is 15.4. The van der Waals surface area contributed by atoms with Crippen LogP contribution in [0.2, 0.25) is 5.02 Å². The average molecular weight is 454 g/mol. The molecule has 7 heteroatoms. The molecule has 1 N–H and O–H groups in total. The standard InChI is InChI=1S/C24H24ClN3O2S/c25-18-6-4-17(5-7-18)24-20-12-16-31-21(20)11-15-28(24)23(30)9-8-22(29)27-14-10-19-3-1-2-13-26-19/h1-7,12-13,16,24H,8-11,14-15H2,(H,27,29). The number of halogens is 1. The summed E-state index contributed by atoms with van der Waals surface area (Å²) in [7, 11) is 0. The number of pyridine rings is 1. The van der Waals surface area contributed by atoms with Crippen LogP contribution in [0.25, 0.3) is 0 Å². The van der Waals surface area contributed by atoms with Crippen molar-refractivity contribution in [2.75, 3.05) is 13.1 Å². The van der Waals surface area contributed by atoms with Gasteiger partial charge in [-0.25, -0.2) is 0 Å². The highest BCUT2D eigenvalue weighted by molar-refractivity contribution is 7.10. The van der Waals surface area contributed by atoms with Gasteiger partial charge < -0.3 is 10.2 Å². The van der Waals surface area contributed by atoms with Crippen LogP contribution in [0.15, 0.2) is 60.1 Å². The molecule has 1 aliphatic heterocycles. The third-order valence-corrected chi connectivity index (χ3v) is 6.72. The van der Waals surface area contributed by atoms with E-state index in [1.807, 2.05) is 47.4 Å². The lowest BCUT2D eigenvalue weighted by Gasteiger charge is -2.36. The SMILES string of the molecule is O=C(CCC(=O)N1CCc2sccc2C1c1ccc(Cl)cc1)NCCc1ccccn1. The maximum atomic E-state index is 13.1. The summed E-state index contributed by atoms with van der Waals surface area (Å²) in [4.78, 5) is 32.8. The number of carbonyl (C=O) groups is 2. The van der Waals surface area contributed by atoms with Gasteiger partial charge in [0.15, 0.2) is 0 Å². The molecule has 0 fully saturated rings. The molecule has 2 amide bonds. The number of aromatic nitrogens is 1. The van der Waals surface area contributed by atoms with Crippen LogP contribution in [0.5, 0.6) is 0 Å². The van der Waals surface area contributed by atoms with Gasteiger partial charge in [-0.15, -0.1) is 11.3 Å². The van der Waals surface area contributed by atoms with Gasteiger partial charge in [-0.05, 0) is 53.3 Å². The second-order valence-electron chi connectivity index (χ2n) is 7.51. The van der Waals surface area contributed by atoms with Gasteiger partial charge in [0.1, 0.15) is 0 Å². The number of rotatable bonds is 7. The molecule has 1 aromatic carbocycles. The molecule has 1 atom stereocenters. The van der Waals surface area contributed by atoms with Gasteiger partial charge in [-0.2, -0.15) is 0 Å². The summed E-state index contributed by atoms with van der Waals surface area (Å²) >= 11 is 7.80. The van der Waals surface area contributed by atoms with Crippen LogP contribution in [-0.4, -0.2) is 34.8 Å². The topological polar surface area (TPSA) is 62.3 Å². The highest BCUT2D eigenvalue weighted by Crippen LogP contribution is 2.38. The van der Waals surface area contributed by atoms with Crippen LogP contribution >= 0.6 is 22.9 Å². The van der Waals surface area contributed by atoms with Crippen molar-refractivity contribution in [1.29, 1.82) is 0 Å². The average Bonchev–Trinajstić information content (AvgIpc) is 3.27. The van der Waals surface area contributed by atoms with E-state index in [4.69, 9.17) is 11.6 Å². The fraction of sp³-hybridized carbons (Fsp3) is 0.292. The summed E-state index contributed by atoms with van der Waals surface area (Å²) in [5.74, 6) is -0.114. The van der Waals surface area contributed by atoms with Crippen LogP contribution in [0, 0.1) is 0 Å². The smallest absolute Gasteiger partial charge is 0.223 e. The maximum Gasteiger partial charge on any atom is 0.223 e. The fourth-order valence-corrected chi connectivity index (χ4v) is 4.95. The first kappa shape index (κ1) is 21.5. The zero-order valence-corrected chi connectivity index (χ0v) is 18.7. The van der Waals surface area contributed by atoms with E-state index in [9.17, 15) is 9.59 Å². The Balaban J connectivity index is 1.36. The predicted molar refractivity (Wildman–Crippen MR) is 123 cm³/mol. The minimum absolute atomic E-state index is 0.00308. The van der Waals surface area contributed by atoms with E-state index < -0.39 is 0 Å². The summed E-state index contributed by atoms with van der Waals surface area (Å²) in [5, 5.41) is 5.64. The Hall–Kier alpha value is -2.70. The molecule has 2 aromatic heterocycles. The minimum Gasteiger partial charge on any atom is -0.356 e. The van der Waals surface area contributed by atoms with E-state index in [1.54, 1.807) is 17.5 Å². The van der Waals surface area contributed by atoms with Crippen molar-refractivity contribution in [2.24, 2.45) is 0 Å². The van der Waals surface area contributed by atoms with Crippen molar-refractivity contribution in [1.82, 2.24) is 15.2 Å². The van der Waals surface area contributed by atoms with E-state index >= 15 is 0 Å². The van der Waals surface area contributed by atoms with Gasteiger partial charge in [0, 0.05) is 54.1 Å². The lowest BCUT2D eigenvalue weighted by molar-refractivity contribution is -0.135. The summed E-state index contributed by atoms with van der Waals surface area (Å²) in [6.45, 7) is 1.17. The van der Waals surface area contributed by atoms with E-state index in [0.717, 1.165) is 17.7 Å². The molecule has 160 valence electrons. The number of thiophene rings is 1. The van der Waals surface area contributed by atoms with Crippen molar-refractivity contribution >= 4 is 34.8 Å². The van der Waals surface area contributed by atoms with Gasteiger partial charge in [0.25, 0.3) is 0 Å². The summed E-state index contributed by atoms with van der Waals surface area (Å²) in [5.41, 5.74) is 3.15. The molecule has 1 unspecified atom stereocenters. The largest absolute Gasteiger partial charge is 0.356 e. The van der Waals surface area contributed by atoms with Crippen LogP contribution in [0.1, 0.15) is 40.6 Å². The summed E-state index contributed by atoms with van der Waals surface area (Å²) in [6.07, 6.45) is 3.64. The monoisotopic (exact) mass is 453 g/mol. The predicted octanol–water partition coefficient (Wildman–Crippen LogP) is 4.41. The molecule has 3 aromatic rings. The Morgan fingerprint density at radius 1 is 1.13 bits per heavy atom. The number of fused-ring (bicyclic) bond motifs is 1. The van der Waals surface area contributed by atoms with E-state index in [2.05, 4.69) is 21.7 Å². The molecule has 0 bridgehead atoms. The number of benzene rings is 1. The van der Waals surface area contributed by atoms with Crippen molar-refractivity contribution in [3.63, 3.8) is 0 Å². The van der Waals surface area contributed by atoms with Crippen molar-refractivity contribution < 1.29 is 9.59 Å². The van der Waals surface area contributed by atoms with Gasteiger partial charge in [0.2, 0.25) is 11.8 Å². The first-order chi connectivity index (χ1) is 15.1. The Kier molecular flexibility index (Phi) is 6.99. The quantitative estimate of drug-likeness (QED) is 0.576. The molecule has 3 heterocycles. The molecule has 5 nitrogen and oxygen atoms in total. The second kappa shape index (κ2) is 10.1. The highest BCUT2D eigenvalue weighted by Gasteiger charge is 2.32. The molecule has 31 heavy (non-hydrogen) atoms. The van der Waals surface area contributed by atoms with Gasteiger partial charge >= 0.3 is 0 Å². The Bertz CT molecular complexity index is 1040. The van der Waals surface area contributed by atoms with Gasteiger partial charge in [0.05, 0.1) is 6.04 Å². The molecule has 1 aliphatic rings.